The maximum absolute atomic E-state index is 10.5. The van der Waals surface area contributed by atoms with Crippen molar-refractivity contribution in [2.24, 2.45) is 0 Å². The zero-order valence-electron chi connectivity index (χ0n) is 9.86. The van der Waals surface area contributed by atoms with Crippen LogP contribution < -0.4 is 0 Å². The van der Waals surface area contributed by atoms with Gasteiger partial charge in [0, 0.05) is 12.3 Å². The lowest BCUT2D eigenvalue weighted by atomic mass is 10.1. The van der Waals surface area contributed by atoms with E-state index < -0.39 is 15.2 Å². The second kappa shape index (κ2) is 8.41. The molecule has 0 aliphatic carbocycles. The third-order valence-corrected chi connectivity index (χ3v) is 4.20. The van der Waals surface area contributed by atoms with E-state index in [1.165, 1.54) is 0 Å². The number of unbranched alkanes of at least 4 members (excludes halogenated alkanes) is 6. The van der Waals surface area contributed by atoms with Gasteiger partial charge in [-0.2, -0.15) is 0 Å². The molecule has 0 saturated heterocycles. The van der Waals surface area contributed by atoms with Crippen LogP contribution in [0.5, 0.6) is 0 Å². The van der Waals surface area contributed by atoms with Crippen LogP contribution in [0.3, 0.4) is 0 Å². The van der Waals surface area contributed by atoms with Gasteiger partial charge in [-0.1, -0.05) is 32.1 Å². The minimum atomic E-state index is -3.84. The van der Waals surface area contributed by atoms with E-state index in [-0.39, 0.29) is 12.3 Å². The third-order valence-electron chi connectivity index (χ3n) is 2.40. The van der Waals surface area contributed by atoms with Crippen molar-refractivity contribution < 1.29 is 28.7 Å². The van der Waals surface area contributed by atoms with Crippen molar-refractivity contribution in [1.82, 2.24) is 0 Å². The average molecular weight is 288 g/mol. The van der Waals surface area contributed by atoms with Gasteiger partial charge in [0.25, 0.3) is 0 Å². The number of hydrogen-bond acceptors (Lipinski definition) is 2. The molecule has 0 aromatic carbocycles. The molecule has 0 aliphatic heterocycles. The first-order chi connectivity index (χ1) is 7.71. The lowest BCUT2D eigenvalue weighted by molar-refractivity contribution is 0.369. The molecule has 0 aromatic heterocycles. The summed E-state index contributed by atoms with van der Waals surface area (Å²) in [6.45, 7) is 0. The van der Waals surface area contributed by atoms with Crippen LogP contribution in [0.25, 0.3) is 0 Å². The maximum Gasteiger partial charge on any atom is 0.325 e. The first-order valence-corrected chi connectivity index (χ1v) is 9.39. The van der Waals surface area contributed by atoms with E-state index in [0.29, 0.717) is 12.8 Å². The fraction of sp³-hybridized carbons (Fsp3) is 1.00. The minimum absolute atomic E-state index is 0.0504. The monoisotopic (exact) mass is 288 g/mol. The quantitative estimate of drug-likeness (QED) is 0.361. The number of rotatable bonds is 10. The van der Waals surface area contributed by atoms with Crippen LogP contribution in [0.2, 0.25) is 0 Å². The van der Waals surface area contributed by atoms with E-state index in [1.807, 2.05) is 0 Å². The van der Waals surface area contributed by atoms with E-state index in [9.17, 15) is 9.13 Å². The fourth-order valence-corrected chi connectivity index (χ4v) is 2.79. The highest BCUT2D eigenvalue weighted by molar-refractivity contribution is 7.52. The molecule has 8 heteroatoms. The summed E-state index contributed by atoms with van der Waals surface area (Å²) < 4.78 is 21.0. The molecule has 0 unspecified atom stereocenters. The maximum atomic E-state index is 10.5. The second-order valence-corrected chi connectivity index (χ2v) is 7.80. The lowest BCUT2D eigenvalue weighted by Crippen LogP contribution is -1.90. The van der Waals surface area contributed by atoms with Gasteiger partial charge in [0.05, 0.1) is 0 Å². The van der Waals surface area contributed by atoms with Gasteiger partial charge in [0.1, 0.15) is 0 Å². The molecule has 0 bridgehead atoms. The van der Waals surface area contributed by atoms with Gasteiger partial charge in [0.2, 0.25) is 0 Å². The topological polar surface area (TPSA) is 115 Å². The second-order valence-electron chi connectivity index (χ2n) is 4.25. The zero-order valence-corrected chi connectivity index (χ0v) is 11.7. The van der Waals surface area contributed by atoms with Gasteiger partial charge in [-0.3, -0.25) is 9.13 Å². The fourth-order valence-electron chi connectivity index (χ4n) is 1.52. The first kappa shape index (κ1) is 17.3. The van der Waals surface area contributed by atoms with Crippen LogP contribution in [0.1, 0.15) is 44.9 Å². The minimum Gasteiger partial charge on any atom is -0.324 e. The molecule has 0 rings (SSSR count). The summed E-state index contributed by atoms with van der Waals surface area (Å²) in [7, 11) is -7.67. The Bertz CT molecular complexity index is 253. The molecule has 0 radical (unpaired) electrons. The first-order valence-electron chi connectivity index (χ1n) is 5.80. The summed E-state index contributed by atoms with van der Waals surface area (Å²) >= 11 is 0. The molecule has 0 aliphatic rings. The molecule has 4 N–H and O–H groups in total. The Kier molecular flexibility index (Phi) is 8.56. The van der Waals surface area contributed by atoms with Crippen LogP contribution in [-0.2, 0) is 9.13 Å². The van der Waals surface area contributed by atoms with Crippen LogP contribution in [0.4, 0.5) is 0 Å². The smallest absolute Gasteiger partial charge is 0.324 e. The van der Waals surface area contributed by atoms with E-state index in [1.54, 1.807) is 0 Å². The van der Waals surface area contributed by atoms with Crippen molar-refractivity contribution in [3.05, 3.63) is 0 Å². The van der Waals surface area contributed by atoms with Crippen LogP contribution in [0.15, 0.2) is 0 Å². The van der Waals surface area contributed by atoms with Gasteiger partial charge >= 0.3 is 15.2 Å². The SMILES string of the molecule is O=P(O)(O)CCCCCCCCCP(=O)(O)O. The molecule has 0 fully saturated rings. The Labute approximate surface area is 102 Å². The van der Waals surface area contributed by atoms with Crippen molar-refractivity contribution in [1.29, 1.82) is 0 Å². The summed E-state index contributed by atoms with van der Waals surface area (Å²) in [5.41, 5.74) is 0. The normalized spacial score (nSPS) is 12.9. The van der Waals surface area contributed by atoms with Crippen molar-refractivity contribution in [2.45, 2.75) is 44.9 Å². The van der Waals surface area contributed by atoms with Gasteiger partial charge in [-0.15, -0.1) is 0 Å². The van der Waals surface area contributed by atoms with Gasteiger partial charge < -0.3 is 19.6 Å². The van der Waals surface area contributed by atoms with Crippen LogP contribution in [0, 0.1) is 0 Å². The van der Waals surface area contributed by atoms with Crippen molar-refractivity contribution in [3.63, 3.8) is 0 Å². The molecule has 0 amide bonds. The Morgan fingerprint density at radius 3 is 1.00 bits per heavy atom. The Hall–Kier alpha value is 0.300. The predicted molar refractivity (Wildman–Crippen MR) is 66.1 cm³/mol. The van der Waals surface area contributed by atoms with E-state index in [4.69, 9.17) is 19.6 Å². The predicted octanol–water partition coefficient (Wildman–Crippen LogP) is 2.07. The van der Waals surface area contributed by atoms with Gasteiger partial charge in [0.15, 0.2) is 0 Å². The molecule has 104 valence electrons. The average Bonchev–Trinajstić information content (AvgIpc) is 2.11. The summed E-state index contributed by atoms with van der Waals surface area (Å²) in [4.78, 5) is 34.4. The van der Waals surface area contributed by atoms with Crippen molar-refractivity contribution in [3.8, 4) is 0 Å². The molecule has 0 aromatic rings. The van der Waals surface area contributed by atoms with E-state index in [2.05, 4.69) is 0 Å². The standard InChI is InChI=1S/C9H22O6P2/c10-16(11,12)8-6-4-2-1-3-5-7-9-17(13,14)15/h1-9H2,(H2,10,11,12)(H2,13,14,15). The Morgan fingerprint density at radius 1 is 0.529 bits per heavy atom. The molecular weight excluding hydrogens is 266 g/mol. The highest BCUT2D eigenvalue weighted by Crippen LogP contribution is 2.36. The van der Waals surface area contributed by atoms with E-state index in [0.717, 1.165) is 32.1 Å². The summed E-state index contributed by atoms with van der Waals surface area (Å²) in [6.07, 6.45) is 5.33. The van der Waals surface area contributed by atoms with Crippen LogP contribution in [-0.4, -0.2) is 31.9 Å². The highest BCUT2D eigenvalue weighted by atomic mass is 31.2. The Balaban J connectivity index is 3.20. The van der Waals surface area contributed by atoms with Gasteiger partial charge in [-0.05, 0) is 12.8 Å². The molecular formula is C9H22O6P2. The van der Waals surface area contributed by atoms with E-state index >= 15 is 0 Å². The molecule has 0 spiro atoms. The molecule has 6 nitrogen and oxygen atoms in total. The summed E-state index contributed by atoms with van der Waals surface area (Å²) in [6, 6.07) is 0. The third kappa shape index (κ3) is 16.3. The molecule has 0 saturated carbocycles. The highest BCUT2D eigenvalue weighted by Gasteiger charge is 2.12. The van der Waals surface area contributed by atoms with Crippen LogP contribution >= 0.6 is 15.2 Å². The Morgan fingerprint density at radius 2 is 0.765 bits per heavy atom. The summed E-state index contributed by atoms with van der Waals surface area (Å²) in [5, 5.41) is 0. The number of hydrogen-bond donors (Lipinski definition) is 4. The summed E-state index contributed by atoms with van der Waals surface area (Å²) in [5.74, 6) is 0. The molecule has 0 atom stereocenters. The van der Waals surface area contributed by atoms with Crippen molar-refractivity contribution >= 4 is 15.2 Å². The zero-order chi connectivity index (χ0) is 13.4. The largest absolute Gasteiger partial charge is 0.325 e. The molecule has 17 heavy (non-hydrogen) atoms. The lowest BCUT2D eigenvalue weighted by Gasteiger charge is -2.04. The van der Waals surface area contributed by atoms with Gasteiger partial charge in [-0.25, -0.2) is 0 Å². The van der Waals surface area contributed by atoms with Crippen molar-refractivity contribution in [2.75, 3.05) is 12.3 Å². The molecule has 0 heterocycles.